The van der Waals surface area contributed by atoms with E-state index in [1.165, 1.54) is 6.92 Å². The lowest BCUT2D eigenvalue weighted by molar-refractivity contribution is -0.116. The molecule has 0 saturated carbocycles. The maximum atomic E-state index is 13.2. The Morgan fingerprint density at radius 3 is 2.27 bits per heavy atom. The lowest BCUT2D eigenvalue weighted by Crippen LogP contribution is -2.15. The van der Waals surface area contributed by atoms with Gasteiger partial charge in [0.15, 0.2) is 11.3 Å². The molecule has 7 aromatic rings. The first-order valence-electron chi connectivity index (χ1n) is 14.3. The van der Waals surface area contributed by atoms with Gasteiger partial charge in [0.2, 0.25) is 11.8 Å². The second kappa shape index (κ2) is 11.5. The number of carbonyl (C=O) groups is 2. The average molecular weight is 594 g/mol. The molecular weight excluding hydrogens is 566 g/mol. The van der Waals surface area contributed by atoms with Crippen LogP contribution in [0.4, 0.5) is 11.4 Å². The fraction of sp³-hybridized carbons (Fsp3) is 0.0882. The van der Waals surface area contributed by atoms with E-state index in [1.807, 2.05) is 91.9 Å². The monoisotopic (exact) mass is 593 g/mol. The van der Waals surface area contributed by atoms with Crippen LogP contribution >= 0.6 is 0 Å². The Labute approximate surface area is 257 Å². The van der Waals surface area contributed by atoms with Crippen molar-refractivity contribution < 1.29 is 9.59 Å². The predicted octanol–water partition coefficient (Wildman–Crippen LogP) is 5.62. The third-order valence-electron chi connectivity index (χ3n) is 7.39. The van der Waals surface area contributed by atoms with Gasteiger partial charge in [-0.2, -0.15) is 10.2 Å². The Kier molecular flexibility index (Phi) is 7.02. The third kappa shape index (κ3) is 5.62. The molecule has 2 N–H and O–H groups in total. The number of anilines is 2. The van der Waals surface area contributed by atoms with Crippen molar-refractivity contribution in [2.45, 2.75) is 20.3 Å². The van der Waals surface area contributed by atoms with Crippen LogP contribution in [-0.2, 0) is 16.0 Å². The molecule has 0 fully saturated rings. The van der Waals surface area contributed by atoms with Crippen molar-refractivity contribution in [2.24, 2.45) is 0 Å². The quantitative estimate of drug-likeness (QED) is 0.245. The molecule has 220 valence electrons. The number of hydrogen-bond acceptors (Lipinski definition) is 7. The summed E-state index contributed by atoms with van der Waals surface area (Å²) in [6.07, 6.45) is 5.38. The van der Waals surface area contributed by atoms with E-state index in [0.29, 0.717) is 17.0 Å². The highest BCUT2D eigenvalue weighted by atomic mass is 16.2. The summed E-state index contributed by atoms with van der Waals surface area (Å²) >= 11 is 0. The Bertz CT molecular complexity index is 2200. The molecule has 0 atom stereocenters. The minimum Gasteiger partial charge on any atom is -0.326 e. The number of aromatic nitrogens is 7. The van der Waals surface area contributed by atoms with E-state index in [9.17, 15) is 9.59 Å². The van der Waals surface area contributed by atoms with Gasteiger partial charge >= 0.3 is 0 Å². The third-order valence-corrected chi connectivity index (χ3v) is 7.39. The fourth-order valence-corrected chi connectivity index (χ4v) is 5.19. The van der Waals surface area contributed by atoms with Gasteiger partial charge in [-0.25, -0.2) is 19.0 Å². The number of rotatable bonds is 7. The number of aryl methyl sites for hydroxylation is 1. The smallest absolute Gasteiger partial charge is 0.230 e. The second-order valence-corrected chi connectivity index (χ2v) is 10.6. The lowest BCUT2D eigenvalue weighted by atomic mass is 10.1. The summed E-state index contributed by atoms with van der Waals surface area (Å²) in [6, 6.07) is 26.5. The van der Waals surface area contributed by atoms with Crippen LogP contribution in [0.2, 0.25) is 0 Å². The number of nitrogens with one attached hydrogen (secondary N) is 2. The van der Waals surface area contributed by atoms with E-state index in [4.69, 9.17) is 10.2 Å². The SMILES string of the molecule is CC(=O)Nc1ccc(-c2ccc3nc(CC(=O)Nc4cccc(-c5ccc6ncc(-c7cccnc7)n6n5)c4)c(C)n3n2)cc1. The molecule has 2 aromatic carbocycles. The van der Waals surface area contributed by atoms with Crippen LogP contribution in [0.3, 0.4) is 0 Å². The van der Waals surface area contributed by atoms with Gasteiger partial charge in [-0.3, -0.25) is 14.6 Å². The number of hydrogen-bond donors (Lipinski definition) is 2. The zero-order valence-electron chi connectivity index (χ0n) is 24.5. The molecule has 45 heavy (non-hydrogen) atoms. The standard InChI is InChI=1S/C34H27N9O2/c1-21-30(39-33-15-13-28(40-42(21)33)23-8-10-26(11-9-23)37-22(2)44)18-34(45)38-27-7-3-5-24(17-27)29-12-14-32-36-20-31(43(32)41-29)25-6-4-16-35-19-25/h3-17,19-20H,18H2,1-2H3,(H,37,44)(H,38,45). The van der Waals surface area contributed by atoms with Gasteiger partial charge in [-0.15, -0.1) is 0 Å². The number of nitrogens with zero attached hydrogens (tertiary/aromatic N) is 7. The van der Waals surface area contributed by atoms with Crippen LogP contribution in [0.15, 0.2) is 104 Å². The van der Waals surface area contributed by atoms with E-state index in [1.54, 1.807) is 27.6 Å². The normalized spacial score (nSPS) is 11.2. The molecule has 7 rings (SSSR count). The largest absolute Gasteiger partial charge is 0.326 e. The summed E-state index contributed by atoms with van der Waals surface area (Å²) in [4.78, 5) is 37.8. The summed E-state index contributed by atoms with van der Waals surface area (Å²) in [5, 5.41) is 15.3. The Morgan fingerprint density at radius 2 is 1.49 bits per heavy atom. The number of benzene rings is 2. The number of amides is 2. The number of fused-ring (bicyclic) bond motifs is 2. The van der Waals surface area contributed by atoms with Gasteiger partial charge in [0.05, 0.1) is 41.1 Å². The van der Waals surface area contributed by atoms with Crippen LogP contribution in [0.25, 0.3) is 45.1 Å². The maximum absolute atomic E-state index is 13.2. The van der Waals surface area contributed by atoms with Crippen molar-refractivity contribution in [3.05, 3.63) is 115 Å². The van der Waals surface area contributed by atoms with Crippen molar-refractivity contribution >= 4 is 34.5 Å². The van der Waals surface area contributed by atoms with Crippen molar-refractivity contribution in [1.29, 1.82) is 0 Å². The average Bonchev–Trinajstić information content (AvgIpc) is 3.61. The first kappa shape index (κ1) is 27.6. The molecule has 0 bridgehead atoms. The van der Waals surface area contributed by atoms with Crippen LogP contribution < -0.4 is 10.6 Å². The van der Waals surface area contributed by atoms with Crippen LogP contribution in [-0.4, -0.2) is 46.0 Å². The fourth-order valence-electron chi connectivity index (χ4n) is 5.19. The molecule has 0 unspecified atom stereocenters. The van der Waals surface area contributed by atoms with Crippen molar-refractivity contribution in [1.82, 2.24) is 34.2 Å². The topological polar surface area (TPSA) is 131 Å². The van der Waals surface area contributed by atoms with Gasteiger partial charge in [-0.1, -0.05) is 24.3 Å². The van der Waals surface area contributed by atoms with Crippen LogP contribution in [0.5, 0.6) is 0 Å². The zero-order chi connectivity index (χ0) is 30.9. The van der Waals surface area contributed by atoms with Gasteiger partial charge in [0.25, 0.3) is 0 Å². The molecule has 0 radical (unpaired) electrons. The van der Waals surface area contributed by atoms with E-state index in [-0.39, 0.29) is 18.2 Å². The minimum absolute atomic E-state index is 0.0912. The molecule has 0 aliphatic rings. The molecule has 0 saturated heterocycles. The molecule has 5 heterocycles. The highest BCUT2D eigenvalue weighted by Crippen LogP contribution is 2.25. The van der Waals surface area contributed by atoms with E-state index < -0.39 is 0 Å². The summed E-state index contributed by atoms with van der Waals surface area (Å²) in [5.74, 6) is -0.315. The van der Waals surface area contributed by atoms with Gasteiger partial charge in [-0.05, 0) is 67.6 Å². The highest BCUT2D eigenvalue weighted by molar-refractivity contribution is 5.93. The first-order valence-corrected chi connectivity index (χ1v) is 14.3. The maximum Gasteiger partial charge on any atom is 0.230 e. The molecule has 5 aromatic heterocycles. The lowest BCUT2D eigenvalue weighted by Gasteiger charge is -2.08. The molecule has 11 nitrogen and oxygen atoms in total. The number of pyridine rings is 1. The second-order valence-electron chi connectivity index (χ2n) is 10.6. The van der Waals surface area contributed by atoms with Crippen molar-refractivity contribution in [3.8, 4) is 33.8 Å². The first-order chi connectivity index (χ1) is 21.9. The van der Waals surface area contributed by atoms with Crippen molar-refractivity contribution in [2.75, 3.05) is 10.6 Å². The van der Waals surface area contributed by atoms with Crippen LogP contribution in [0, 0.1) is 6.92 Å². The van der Waals surface area contributed by atoms with Gasteiger partial charge in [0, 0.05) is 47.4 Å². The Balaban J connectivity index is 1.08. The summed E-state index contributed by atoms with van der Waals surface area (Å²) in [7, 11) is 0. The van der Waals surface area contributed by atoms with Gasteiger partial charge < -0.3 is 10.6 Å². The van der Waals surface area contributed by atoms with E-state index in [0.717, 1.165) is 50.8 Å². The number of carbonyl (C=O) groups excluding carboxylic acids is 2. The molecular formula is C34H27N9O2. The van der Waals surface area contributed by atoms with E-state index >= 15 is 0 Å². The summed E-state index contributed by atoms with van der Waals surface area (Å²) in [5.41, 5.74) is 9.18. The minimum atomic E-state index is -0.190. The Hall–Kier alpha value is -6.23. The van der Waals surface area contributed by atoms with Gasteiger partial charge in [0.1, 0.15) is 0 Å². The molecule has 2 amide bonds. The predicted molar refractivity (Wildman–Crippen MR) is 171 cm³/mol. The van der Waals surface area contributed by atoms with Crippen LogP contribution in [0.1, 0.15) is 18.3 Å². The van der Waals surface area contributed by atoms with E-state index in [2.05, 4.69) is 25.6 Å². The zero-order valence-corrected chi connectivity index (χ0v) is 24.5. The molecule has 11 heteroatoms. The van der Waals surface area contributed by atoms with Crippen molar-refractivity contribution in [3.63, 3.8) is 0 Å². The Morgan fingerprint density at radius 1 is 0.733 bits per heavy atom. The molecule has 0 spiro atoms. The summed E-state index contributed by atoms with van der Waals surface area (Å²) < 4.78 is 3.54. The molecule has 0 aliphatic carbocycles. The molecule has 0 aliphatic heterocycles. The number of imidazole rings is 2. The highest BCUT2D eigenvalue weighted by Gasteiger charge is 2.15. The summed E-state index contributed by atoms with van der Waals surface area (Å²) in [6.45, 7) is 3.37.